The van der Waals surface area contributed by atoms with Crippen molar-refractivity contribution in [2.45, 2.75) is 71.4 Å². The fourth-order valence-corrected chi connectivity index (χ4v) is 6.26. The van der Waals surface area contributed by atoms with Gasteiger partial charge in [0.25, 0.3) is 0 Å². The molecule has 2 saturated heterocycles. The third-order valence-corrected chi connectivity index (χ3v) is 8.20. The first-order valence-electron chi connectivity index (χ1n) is 13.7. The first-order chi connectivity index (χ1) is 18.8. The molecule has 206 valence electrons. The Labute approximate surface area is 229 Å². The minimum Gasteiger partial charge on any atom is -0.381 e. The summed E-state index contributed by atoms with van der Waals surface area (Å²) in [6, 6.07) is 12.6. The lowest BCUT2D eigenvalue weighted by molar-refractivity contribution is -0.191. The van der Waals surface area contributed by atoms with E-state index in [1.807, 2.05) is 31.2 Å². The molecule has 0 spiro atoms. The van der Waals surface area contributed by atoms with Crippen molar-refractivity contribution in [2.75, 3.05) is 31.2 Å². The van der Waals surface area contributed by atoms with Crippen LogP contribution in [0.15, 0.2) is 30.3 Å². The summed E-state index contributed by atoms with van der Waals surface area (Å²) in [5.41, 5.74) is 5.12. The van der Waals surface area contributed by atoms with E-state index in [1.165, 1.54) is 0 Å². The number of likely N-dealkylation sites (tertiary alicyclic amines) is 1. The molecular formula is C31H37FN4O3. The summed E-state index contributed by atoms with van der Waals surface area (Å²) < 4.78 is 22.0. The first kappa shape index (κ1) is 28.5. The molecule has 3 heterocycles. The summed E-state index contributed by atoms with van der Waals surface area (Å²) in [5.74, 6) is 1.03. The number of nitrogens with one attached hydrogen (secondary N) is 1. The second-order valence-corrected chi connectivity index (χ2v) is 10.8. The number of piperidine rings is 1. The maximum Gasteiger partial charge on any atom is 0.373 e. The number of anilines is 2. The Hall–Kier alpha value is -3.50. The standard InChI is InChI=1S/C30H37FN4O.CO2/c1-19(2)35(30-21(4)25-7-6-22(18-32)17-26(25)33-30)27-8-5-20(3)28(29(27)31)23-9-13-34(14-10-23)24-11-15-36-16-12-24;2-1-3/h5-8,17,19,23-24,33H,9-16H2,1-4H3;. The summed E-state index contributed by atoms with van der Waals surface area (Å²) in [7, 11) is 0. The van der Waals surface area contributed by atoms with Gasteiger partial charge in [-0.25, -0.2) is 4.39 Å². The highest BCUT2D eigenvalue weighted by atomic mass is 19.1. The molecule has 0 bridgehead atoms. The normalized spacial score (nSPS) is 16.9. The van der Waals surface area contributed by atoms with Crippen LogP contribution >= 0.6 is 0 Å². The zero-order valence-corrected chi connectivity index (χ0v) is 23.2. The van der Waals surface area contributed by atoms with Crippen LogP contribution in [0.1, 0.15) is 67.7 Å². The Bertz CT molecular complexity index is 1370. The highest BCUT2D eigenvalue weighted by Gasteiger charge is 2.31. The van der Waals surface area contributed by atoms with Crippen LogP contribution in [0.25, 0.3) is 10.9 Å². The number of aromatic amines is 1. The zero-order valence-electron chi connectivity index (χ0n) is 23.2. The number of hydrogen-bond donors (Lipinski definition) is 1. The van der Waals surface area contributed by atoms with Crippen molar-refractivity contribution in [1.29, 1.82) is 5.26 Å². The molecule has 8 heteroatoms. The number of fused-ring (bicyclic) bond motifs is 1. The Balaban J connectivity index is 0.00000112. The molecular weight excluding hydrogens is 495 g/mol. The molecule has 0 radical (unpaired) electrons. The van der Waals surface area contributed by atoms with Crippen LogP contribution in [0.3, 0.4) is 0 Å². The number of hydrogen-bond acceptors (Lipinski definition) is 6. The minimum absolute atomic E-state index is 0.0487. The van der Waals surface area contributed by atoms with Crippen molar-refractivity contribution in [3.05, 3.63) is 58.4 Å². The maximum absolute atomic E-state index is 16.4. The molecule has 0 atom stereocenters. The number of rotatable bonds is 5. The van der Waals surface area contributed by atoms with E-state index in [1.54, 1.807) is 0 Å². The monoisotopic (exact) mass is 532 g/mol. The number of aryl methyl sites for hydroxylation is 2. The third-order valence-electron chi connectivity index (χ3n) is 8.20. The average molecular weight is 533 g/mol. The Morgan fingerprint density at radius 2 is 1.74 bits per heavy atom. The van der Waals surface area contributed by atoms with Gasteiger partial charge in [0.1, 0.15) is 5.82 Å². The summed E-state index contributed by atoms with van der Waals surface area (Å²) in [4.78, 5) is 24.4. The summed E-state index contributed by atoms with van der Waals surface area (Å²) >= 11 is 0. The molecule has 3 aromatic rings. The van der Waals surface area contributed by atoms with Crippen molar-refractivity contribution in [3.63, 3.8) is 0 Å². The van der Waals surface area contributed by atoms with Gasteiger partial charge in [-0.05, 0) is 107 Å². The van der Waals surface area contributed by atoms with Crippen molar-refractivity contribution in [1.82, 2.24) is 9.88 Å². The predicted molar refractivity (Wildman–Crippen MR) is 149 cm³/mol. The second-order valence-electron chi connectivity index (χ2n) is 10.8. The molecule has 1 N–H and O–H groups in total. The number of aromatic nitrogens is 1. The molecule has 5 rings (SSSR count). The van der Waals surface area contributed by atoms with Crippen LogP contribution in [-0.4, -0.2) is 54.4 Å². The number of nitriles is 1. The van der Waals surface area contributed by atoms with Gasteiger partial charge in [0.15, 0.2) is 5.82 Å². The minimum atomic E-state index is -0.0935. The average Bonchev–Trinajstić information content (AvgIpc) is 3.26. The predicted octanol–water partition coefficient (Wildman–Crippen LogP) is 6.12. The van der Waals surface area contributed by atoms with Gasteiger partial charge in [-0.2, -0.15) is 14.9 Å². The number of carbonyl (C=O) groups excluding carboxylic acids is 2. The zero-order chi connectivity index (χ0) is 28.1. The number of halogens is 1. The van der Waals surface area contributed by atoms with Gasteiger partial charge < -0.3 is 19.5 Å². The van der Waals surface area contributed by atoms with Gasteiger partial charge in [0.2, 0.25) is 0 Å². The topological polar surface area (TPSA) is 89.4 Å². The van der Waals surface area contributed by atoms with E-state index in [-0.39, 0.29) is 23.9 Å². The van der Waals surface area contributed by atoms with Crippen LogP contribution in [0.2, 0.25) is 0 Å². The molecule has 1 aromatic heterocycles. The Morgan fingerprint density at radius 3 is 2.36 bits per heavy atom. The lowest BCUT2D eigenvalue weighted by atomic mass is 9.85. The van der Waals surface area contributed by atoms with Gasteiger partial charge in [0.05, 0.1) is 17.3 Å². The van der Waals surface area contributed by atoms with Crippen molar-refractivity contribution >= 4 is 28.6 Å². The lowest BCUT2D eigenvalue weighted by Gasteiger charge is -2.40. The van der Waals surface area contributed by atoms with Crippen LogP contribution in [0.4, 0.5) is 15.9 Å². The van der Waals surface area contributed by atoms with E-state index in [9.17, 15) is 5.26 Å². The molecule has 0 amide bonds. The second kappa shape index (κ2) is 12.6. The molecule has 0 aliphatic carbocycles. The summed E-state index contributed by atoms with van der Waals surface area (Å²) in [6.45, 7) is 12.1. The van der Waals surface area contributed by atoms with Gasteiger partial charge in [-0.3, -0.25) is 0 Å². The van der Waals surface area contributed by atoms with E-state index >= 15 is 4.39 Å². The van der Waals surface area contributed by atoms with Crippen molar-refractivity contribution < 1.29 is 18.7 Å². The van der Waals surface area contributed by atoms with Gasteiger partial charge in [0, 0.05) is 36.2 Å². The largest absolute Gasteiger partial charge is 0.381 e. The number of ether oxygens (including phenoxy) is 1. The van der Waals surface area contributed by atoms with E-state index in [4.69, 9.17) is 14.3 Å². The molecule has 7 nitrogen and oxygen atoms in total. The Morgan fingerprint density at radius 1 is 1.08 bits per heavy atom. The van der Waals surface area contributed by atoms with Crippen molar-refractivity contribution in [3.8, 4) is 6.07 Å². The Kier molecular flexibility index (Phi) is 9.19. The number of H-pyrrole nitrogens is 1. The summed E-state index contributed by atoms with van der Waals surface area (Å²) in [6.07, 6.45) is 4.44. The third kappa shape index (κ3) is 5.91. The molecule has 2 aliphatic heterocycles. The number of nitrogens with zero attached hydrogens (tertiary/aromatic N) is 3. The fourth-order valence-electron chi connectivity index (χ4n) is 6.26. The smallest absolute Gasteiger partial charge is 0.373 e. The molecule has 0 saturated carbocycles. The molecule has 0 unspecified atom stereocenters. The van der Waals surface area contributed by atoms with Gasteiger partial charge in [-0.1, -0.05) is 12.1 Å². The van der Waals surface area contributed by atoms with Crippen LogP contribution in [0.5, 0.6) is 0 Å². The quantitative estimate of drug-likeness (QED) is 0.426. The molecule has 2 aromatic carbocycles. The van der Waals surface area contributed by atoms with Crippen LogP contribution in [0, 0.1) is 31.0 Å². The molecule has 39 heavy (non-hydrogen) atoms. The van der Waals surface area contributed by atoms with Gasteiger partial charge in [-0.15, -0.1) is 0 Å². The maximum atomic E-state index is 16.4. The highest BCUT2D eigenvalue weighted by Crippen LogP contribution is 2.41. The highest BCUT2D eigenvalue weighted by molar-refractivity contribution is 5.91. The SMILES string of the molecule is Cc1ccc(N(c2[nH]c3cc(C#N)ccc3c2C)C(C)C)c(F)c1C1CCN(C2CCOCC2)CC1.O=C=O. The van der Waals surface area contributed by atoms with Gasteiger partial charge >= 0.3 is 6.15 Å². The molecule has 2 fully saturated rings. The van der Waals surface area contributed by atoms with E-state index in [0.717, 1.165) is 85.4 Å². The first-order valence-corrected chi connectivity index (χ1v) is 13.7. The van der Waals surface area contributed by atoms with Crippen molar-refractivity contribution in [2.24, 2.45) is 0 Å². The van der Waals surface area contributed by atoms with Crippen LogP contribution < -0.4 is 4.90 Å². The number of benzene rings is 2. The van der Waals surface area contributed by atoms with E-state index in [2.05, 4.69) is 47.7 Å². The summed E-state index contributed by atoms with van der Waals surface area (Å²) in [5, 5.41) is 10.4. The van der Waals surface area contributed by atoms with Crippen LogP contribution in [-0.2, 0) is 14.3 Å². The lowest BCUT2D eigenvalue weighted by Crippen LogP contribution is -2.43. The van der Waals surface area contributed by atoms with E-state index < -0.39 is 0 Å². The van der Waals surface area contributed by atoms with E-state index in [0.29, 0.717) is 17.3 Å². The molecule has 2 aliphatic rings. The fraction of sp³-hybridized carbons (Fsp3) is 0.484.